The fraction of sp³-hybridized carbons (Fsp3) is 0.545. The van der Waals surface area contributed by atoms with E-state index in [0.717, 1.165) is 25.1 Å². The fourth-order valence-electron chi connectivity index (χ4n) is 1.96. The number of likely N-dealkylation sites (tertiary alicyclic amines) is 1. The Morgan fingerprint density at radius 3 is 3.00 bits per heavy atom. The highest BCUT2D eigenvalue weighted by Crippen LogP contribution is 2.20. The van der Waals surface area contributed by atoms with E-state index < -0.39 is 0 Å². The lowest BCUT2D eigenvalue weighted by Crippen LogP contribution is -2.37. The molecule has 1 aromatic heterocycles. The summed E-state index contributed by atoms with van der Waals surface area (Å²) in [4.78, 5) is 6.35. The highest BCUT2D eigenvalue weighted by atomic mass is 35.5. The first-order valence-corrected chi connectivity index (χ1v) is 6.12. The van der Waals surface area contributed by atoms with Gasteiger partial charge >= 0.3 is 0 Å². The molecule has 2 rings (SSSR count). The molecule has 1 aliphatic rings. The van der Waals surface area contributed by atoms with Gasteiger partial charge in [-0.3, -0.25) is 4.90 Å². The van der Waals surface area contributed by atoms with Crippen molar-refractivity contribution in [1.82, 2.24) is 9.88 Å². The van der Waals surface area contributed by atoms with Gasteiger partial charge in [0.15, 0.2) is 0 Å². The Morgan fingerprint density at radius 1 is 1.44 bits per heavy atom. The second-order valence-electron chi connectivity index (χ2n) is 4.09. The second kappa shape index (κ2) is 5.32. The Bertz CT molecular complexity index is 373. The van der Waals surface area contributed by atoms with Gasteiger partial charge in [-0.25, -0.2) is 4.98 Å². The van der Waals surface area contributed by atoms with Crippen LogP contribution in [0.15, 0.2) is 12.1 Å². The predicted molar refractivity (Wildman–Crippen MR) is 64.8 cm³/mol. The number of aliphatic hydroxyl groups is 1. The average molecular weight is 261 g/mol. The van der Waals surface area contributed by atoms with Crippen LogP contribution in [0.5, 0.6) is 0 Å². The highest BCUT2D eigenvalue weighted by Gasteiger charge is 2.18. The molecule has 16 heavy (non-hydrogen) atoms. The van der Waals surface area contributed by atoms with Gasteiger partial charge in [0.05, 0.1) is 16.8 Å². The maximum Gasteiger partial charge on any atom is 0.129 e. The molecule has 1 saturated heterocycles. The van der Waals surface area contributed by atoms with Crippen LogP contribution in [0.3, 0.4) is 0 Å². The number of nitrogens with zero attached hydrogens (tertiary/aromatic N) is 2. The van der Waals surface area contributed by atoms with Crippen LogP contribution < -0.4 is 0 Å². The van der Waals surface area contributed by atoms with Crippen LogP contribution in [0.25, 0.3) is 0 Å². The standard InChI is InChI=1S/C11H14Cl2N2O/c12-9-3-4-11(13)14-10(9)7-15-5-1-2-8(16)6-15/h3-4,8,16H,1-2,5-7H2/t8-/m0/s1. The largest absolute Gasteiger partial charge is 0.392 e. The Balaban J connectivity index is 2.05. The zero-order valence-corrected chi connectivity index (χ0v) is 10.4. The third-order valence-electron chi connectivity index (χ3n) is 2.74. The minimum absolute atomic E-state index is 0.230. The number of rotatable bonds is 2. The van der Waals surface area contributed by atoms with Gasteiger partial charge in [-0.2, -0.15) is 0 Å². The first-order chi connectivity index (χ1) is 7.65. The van der Waals surface area contributed by atoms with Crippen molar-refractivity contribution in [3.63, 3.8) is 0 Å². The average Bonchev–Trinajstić information content (AvgIpc) is 2.24. The molecular formula is C11H14Cl2N2O. The number of aromatic nitrogens is 1. The summed E-state index contributed by atoms with van der Waals surface area (Å²) < 4.78 is 0. The number of pyridine rings is 1. The van der Waals surface area contributed by atoms with E-state index in [2.05, 4.69) is 9.88 Å². The minimum Gasteiger partial charge on any atom is -0.392 e. The highest BCUT2D eigenvalue weighted by molar-refractivity contribution is 6.32. The molecule has 0 amide bonds. The van der Waals surface area contributed by atoms with Gasteiger partial charge in [0.2, 0.25) is 0 Å². The fourth-order valence-corrected chi connectivity index (χ4v) is 2.29. The zero-order valence-electron chi connectivity index (χ0n) is 8.87. The molecule has 0 unspecified atom stereocenters. The lowest BCUT2D eigenvalue weighted by atomic mass is 10.1. The summed E-state index contributed by atoms with van der Waals surface area (Å²) in [6, 6.07) is 3.44. The van der Waals surface area contributed by atoms with Crippen LogP contribution in [0.4, 0.5) is 0 Å². The molecular weight excluding hydrogens is 247 g/mol. The smallest absolute Gasteiger partial charge is 0.129 e. The maximum atomic E-state index is 9.56. The molecule has 3 nitrogen and oxygen atoms in total. The third kappa shape index (κ3) is 3.08. The number of piperidine rings is 1. The van der Waals surface area contributed by atoms with Gasteiger partial charge in [-0.1, -0.05) is 23.2 Å². The summed E-state index contributed by atoms with van der Waals surface area (Å²) in [7, 11) is 0. The monoisotopic (exact) mass is 260 g/mol. The number of hydrogen-bond donors (Lipinski definition) is 1. The normalized spacial score (nSPS) is 22.3. The quantitative estimate of drug-likeness (QED) is 0.830. The Morgan fingerprint density at radius 2 is 2.25 bits per heavy atom. The number of β-amino-alcohol motifs (C(OH)–C–C–N with tert-alkyl or cyclic N) is 1. The van der Waals surface area contributed by atoms with E-state index in [1.54, 1.807) is 12.1 Å². The van der Waals surface area contributed by atoms with Crippen LogP contribution in [-0.4, -0.2) is 34.2 Å². The second-order valence-corrected chi connectivity index (χ2v) is 4.89. The molecule has 5 heteroatoms. The van der Waals surface area contributed by atoms with Crippen LogP contribution in [0, 0.1) is 0 Å². The Hall–Kier alpha value is -0.350. The molecule has 0 aromatic carbocycles. The summed E-state index contributed by atoms with van der Waals surface area (Å²) in [5, 5.41) is 10.6. The van der Waals surface area contributed by atoms with Gasteiger partial charge in [0.1, 0.15) is 5.15 Å². The summed E-state index contributed by atoms with van der Waals surface area (Å²) in [5.74, 6) is 0. The first-order valence-electron chi connectivity index (χ1n) is 5.36. The topological polar surface area (TPSA) is 36.4 Å². The van der Waals surface area contributed by atoms with Gasteiger partial charge < -0.3 is 5.11 Å². The van der Waals surface area contributed by atoms with E-state index in [4.69, 9.17) is 23.2 Å². The molecule has 0 radical (unpaired) electrons. The molecule has 88 valence electrons. The molecule has 0 spiro atoms. The van der Waals surface area contributed by atoms with Crippen molar-refractivity contribution in [1.29, 1.82) is 0 Å². The number of hydrogen-bond acceptors (Lipinski definition) is 3. The summed E-state index contributed by atoms with van der Waals surface area (Å²) in [6.07, 6.45) is 1.67. The van der Waals surface area contributed by atoms with Crippen molar-refractivity contribution in [3.05, 3.63) is 28.0 Å². The molecule has 1 atom stereocenters. The van der Waals surface area contributed by atoms with Crippen LogP contribution in [-0.2, 0) is 6.54 Å². The lowest BCUT2D eigenvalue weighted by molar-refractivity contribution is 0.0662. The Labute approximate surface area is 105 Å². The summed E-state index contributed by atoms with van der Waals surface area (Å²) in [6.45, 7) is 2.31. The van der Waals surface area contributed by atoms with E-state index in [-0.39, 0.29) is 6.10 Å². The zero-order chi connectivity index (χ0) is 11.5. The van der Waals surface area contributed by atoms with E-state index in [1.165, 1.54) is 0 Å². The van der Waals surface area contributed by atoms with E-state index >= 15 is 0 Å². The molecule has 1 fully saturated rings. The molecule has 1 aliphatic heterocycles. The van der Waals surface area contributed by atoms with Crippen molar-refractivity contribution in [2.24, 2.45) is 0 Å². The van der Waals surface area contributed by atoms with Crippen molar-refractivity contribution in [2.75, 3.05) is 13.1 Å². The molecule has 2 heterocycles. The van der Waals surface area contributed by atoms with Crippen molar-refractivity contribution < 1.29 is 5.11 Å². The summed E-state index contributed by atoms with van der Waals surface area (Å²) in [5.41, 5.74) is 0.781. The number of halogens is 2. The molecule has 0 aliphatic carbocycles. The third-order valence-corrected chi connectivity index (χ3v) is 3.29. The van der Waals surface area contributed by atoms with E-state index in [9.17, 15) is 5.11 Å². The minimum atomic E-state index is -0.230. The van der Waals surface area contributed by atoms with Crippen molar-refractivity contribution in [2.45, 2.75) is 25.5 Å². The van der Waals surface area contributed by atoms with Gasteiger partial charge in [-0.05, 0) is 31.5 Å². The molecule has 0 saturated carbocycles. The van der Waals surface area contributed by atoms with Crippen LogP contribution in [0.1, 0.15) is 18.5 Å². The van der Waals surface area contributed by atoms with E-state index in [1.807, 2.05) is 0 Å². The van der Waals surface area contributed by atoms with Crippen molar-refractivity contribution in [3.8, 4) is 0 Å². The van der Waals surface area contributed by atoms with Gasteiger partial charge in [0.25, 0.3) is 0 Å². The molecule has 1 aromatic rings. The Kier molecular flexibility index (Phi) is 4.03. The predicted octanol–water partition coefficient (Wildman–Crippen LogP) is 2.35. The van der Waals surface area contributed by atoms with E-state index in [0.29, 0.717) is 23.3 Å². The van der Waals surface area contributed by atoms with Gasteiger partial charge in [-0.15, -0.1) is 0 Å². The summed E-state index contributed by atoms with van der Waals surface area (Å²) >= 11 is 11.9. The maximum absolute atomic E-state index is 9.56. The van der Waals surface area contributed by atoms with Gasteiger partial charge in [0, 0.05) is 13.1 Å². The van der Waals surface area contributed by atoms with Crippen molar-refractivity contribution >= 4 is 23.2 Å². The lowest BCUT2D eigenvalue weighted by Gasteiger charge is -2.29. The van der Waals surface area contributed by atoms with Crippen LogP contribution in [0.2, 0.25) is 10.2 Å². The number of aliphatic hydroxyl groups excluding tert-OH is 1. The molecule has 0 bridgehead atoms. The van der Waals surface area contributed by atoms with Crippen LogP contribution >= 0.6 is 23.2 Å². The first kappa shape index (κ1) is 12.1. The molecule has 1 N–H and O–H groups in total. The SMILES string of the molecule is O[C@H]1CCCN(Cc2nc(Cl)ccc2Cl)C1.